The third-order valence-electron chi connectivity index (χ3n) is 4.37. The van der Waals surface area contributed by atoms with Gasteiger partial charge in [-0.2, -0.15) is 0 Å². The van der Waals surface area contributed by atoms with Crippen LogP contribution in [0.15, 0.2) is 24.3 Å². The molecule has 6 heteroatoms. The molecule has 0 aliphatic heterocycles. The van der Waals surface area contributed by atoms with Crippen molar-refractivity contribution >= 4 is 24.3 Å². The van der Waals surface area contributed by atoms with E-state index in [0.29, 0.717) is 12.2 Å². The molecule has 1 atom stereocenters. The molecule has 1 N–H and O–H groups in total. The lowest BCUT2D eigenvalue weighted by molar-refractivity contribution is -0.143. The lowest BCUT2D eigenvalue weighted by atomic mass is 9.89. The Hall–Kier alpha value is -1.75. The smallest absolute Gasteiger partial charge is 0.343 e. The summed E-state index contributed by atoms with van der Waals surface area (Å²) in [5.41, 5.74) is 0.984. The molecule has 1 aromatic carbocycles. The molecule has 0 bridgehead atoms. The van der Waals surface area contributed by atoms with Gasteiger partial charge in [0, 0.05) is 13.0 Å². The standard InChI is InChI=1S/C21H33NO4.ClH/c1-4-6-8-11-17(15-20(23)22-14-7-5-2)18-12-9-10-13-19(18)26-16-21(24)25-3;/h9-10,12-13,17H,4-8,11,14-16H2,1-3H3,(H,22,23);1H. The van der Waals surface area contributed by atoms with Gasteiger partial charge in [0.2, 0.25) is 5.91 Å². The third kappa shape index (κ3) is 10.2. The summed E-state index contributed by atoms with van der Waals surface area (Å²) in [6, 6.07) is 7.66. The summed E-state index contributed by atoms with van der Waals surface area (Å²) in [5, 5.41) is 3.00. The van der Waals surface area contributed by atoms with E-state index >= 15 is 0 Å². The van der Waals surface area contributed by atoms with Crippen LogP contribution in [0.25, 0.3) is 0 Å². The van der Waals surface area contributed by atoms with Crippen LogP contribution in [0.4, 0.5) is 0 Å². The number of rotatable bonds is 13. The Bertz CT molecular complexity index is 551. The highest BCUT2D eigenvalue weighted by molar-refractivity contribution is 5.85. The minimum Gasteiger partial charge on any atom is -0.482 e. The maximum atomic E-state index is 12.3. The number of ether oxygens (including phenoxy) is 2. The van der Waals surface area contributed by atoms with Crippen LogP contribution < -0.4 is 10.1 Å². The topological polar surface area (TPSA) is 64.6 Å². The number of para-hydroxylation sites is 1. The van der Waals surface area contributed by atoms with Crippen LogP contribution in [0.3, 0.4) is 0 Å². The van der Waals surface area contributed by atoms with Crippen LogP contribution in [-0.4, -0.2) is 32.1 Å². The Kier molecular flexibility index (Phi) is 14.3. The van der Waals surface area contributed by atoms with Gasteiger partial charge < -0.3 is 14.8 Å². The zero-order valence-corrected chi connectivity index (χ0v) is 17.6. The van der Waals surface area contributed by atoms with Crippen molar-refractivity contribution in [3.8, 4) is 5.75 Å². The van der Waals surface area contributed by atoms with E-state index in [1.54, 1.807) is 0 Å². The first-order chi connectivity index (χ1) is 12.6. The van der Waals surface area contributed by atoms with Crippen molar-refractivity contribution in [2.45, 2.75) is 64.7 Å². The Labute approximate surface area is 169 Å². The van der Waals surface area contributed by atoms with E-state index in [1.807, 2.05) is 24.3 Å². The predicted molar refractivity (Wildman–Crippen MR) is 111 cm³/mol. The third-order valence-corrected chi connectivity index (χ3v) is 4.37. The van der Waals surface area contributed by atoms with Gasteiger partial charge in [0.05, 0.1) is 7.11 Å². The van der Waals surface area contributed by atoms with E-state index in [-0.39, 0.29) is 30.8 Å². The first kappa shape index (κ1) is 25.2. The average molecular weight is 400 g/mol. The molecule has 27 heavy (non-hydrogen) atoms. The number of amides is 1. The molecular formula is C21H34ClNO4. The zero-order valence-electron chi connectivity index (χ0n) is 16.8. The molecule has 1 aromatic rings. The fourth-order valence-electron chi connectivity index (χ4n) is 2.85. The number of esters is 1. The molecule has 0 aromatic heterocycles. The second-order valence-corrected chi connectivity index (χ2v) is 6.50. The maximum Gasteiger partial charge on any atom is 0.343 e. The van der Waals surface area contributed by atoms with E-state index in [9.17, 15) is 9.59 Å². The molecule has 0 spiro atoms. The second-order valence-electron chi connectivity index (χ2n) is 6.50. The highest BCUT2D eigenvalue weighted by Crippen LogP contribution is 2.33. The minimum absolute atomic E-state index is 0. The van der Waals surface area contributed by atoms with Gasteiger partial charge in [-0.15, -0.1) is 12.4 Å². The number of nitrogens with one attached hydrogen (secondary N) is 1. The van der Waals surface area contributed by atoms with Crippen molar-refractivity contribution < 1.29 is 19.1 Å². The molecule has 0 saturated heterocycles. The number of halogens is 1. The Morgan fingerprint density at radius 1 is 1.07 bits per heavy atom. The molecule has 0 aliphatic rings. The number of benzene rings is 1. The van der Waals surface area contributed by atoms with Crippen LogP contribution in [0, 0.1) is 0 Å². The van der Waals surface area contributed by atoms with E-state index < -0.39 is 5.97 Å². The molecule has 154 valence electrons. The highest BCUT2D eigenvalue weighted by atomic mass is 35.5. The van der Waals surface area contributed by atoms with Gasteiger partial charge in [0.1, 0.15) is 5.75 Å². The quantitative estimate of drug-likeness (QED) is 0.388. The minimum atomic E-state index is -0.417. The largest absolute Gasteiger partial charge is 0.482 e. The Balaban J connectivity index is 0.00000676. The van der Waals surface area contributed by atoms with Gasteiger partial charge in [-0.05, 0) is 30.4 Å². The van der Waals surface area contributed by atoms with Crippen molar-refractivity contribution in [2.75, 3.05) is 20.3 Å². The molecule has 0 aliphatic carbocycles. The summed E-state index contributed by atoms with van der Waals surface area (Å²) < 4.78 is 10.3. The predicted octanol–water partition coefficient (Wildman–Crippen LogP) is 4.63. The average Bonchev–Trinajstić information content (AvgIpc) is 2.66. The molecule has 0 heterocycles. The van der Waals surface area contributed by atoms with Crippen molar-refractivity contribution in [3.05, 3.63) is 29.8 Å². The molecule has 1 rings (SSSR count). The van der Waals surface area contributed by atoms with Crippen LogP contribution >= 0.6 is 12.4 Å². The van der Waals surface area contributed by atoms with Crippen molar-refractivity contribution in [3.63, 3.8) is 0 Å². The lowest BCUT2D eigenvalue weighted by Gasteiger charge is -2.20. The summed E-state index contributed by atoms with van der Waals surface area (Å²) in [5.74, 6) is 0.389. The van der Waals surface area contributed by atoms with Gasteiger partial charge >= 0.3 is 5.97 Å². The summed E-state index contributed by atoms with van der Waals surface area (Å²) >= 11 is 0. The highest BCUT2D eigenvalue weighted by Gasteiger charge is 2.20. The van der Waals surface area contributed by atoms with Crippen LogP contribution in [0.1, 0.15) is 70.3 Å². The van der Waals surface area contributed by atoms with Gasteiger partial charge in [-0.1, -0.05) is 57.7 Å². The van der Waals surface area contributed by atoms with Crippen molar-refractivity contribution in [1.82, 2.24) is 5.32 Å². The normalized spacial score (nSPS) is 11.2. The van der Waals surface area contributed by atoms with Crippen LogP contribution in [0.2, 0.25) is 0 Å². The monoisotopic (exact) mass is 399 g/mol. The number of methoxy groups -OCH3 is 1. The summed E-state index contributed by atoms with van der Waals surface area (Å²) in [6.45, 7) is 4.86. The molecule has 0 radical (unpaired) electrons. The fourth-order valence-corrected chi connectivity index (χ4v) is 2.85. The lowest BCUT2D eigenvalue weighted by Crippen LogP contribution is -2.26. The first-order valence-corrected chi connectivity index (χ1v) is 9.67. The van der Waals surface area contributed by atoms with E-state index in [4.69, 9.17) is 4.74 Å². The van der Waals surface area contributed by atoms with Gasteiger partial charge in [-0.3, -0.25) is 4.79 Å². The van der Waals surface area contributed by atoms with Crippen molar-refractivity contribution in [2.24, 2.45) is 0 Å². The van der Waals surface area contributed by atoms with Crippen LogP contribution in [-0.2, 0) is 14.3 Å². The zero-order chi connectivity index (χ0) is 19.2. The molecule has 5 nitrogen and oxygen atoms in total. The summed E-state index contributed by atoms with van der Waals surface area (Å²) in [7, 11) is 1.34. The van der Waals surface area contributed by atoms with Crippen LogP contribution in [0.5, 0.6) is 5.75 Å². The number of carbonyl (C=O) groups excluding carboxylic acids is 2. The number of hydrogen-bond acceptors (Lipinski definition) is 4. The molecule has 0 saturated carbocycles. The van der Waals surface area contributed by atoms with Gasteiger partial charge in [0.15, 0.2) is 6.61 Å². The fraction of sp³-hybridized carbons (Fsp3) is 0.619. The summed E-state index contributed by atoms with van der Waals surface area (Å²) in [4.78, 5) is 23.7. The number of carbonyl (C=O) groups is 2. The van der Waals surface area contributed by atoms with E-state index in [2.05, 4.69) is 23.9 Å². The summed E-state index contributed by atoms with van der Waals surface area (Å²) in [6.07, 6.45) is 6.75. The van der Waals surface area contributed by atoms with E-state index in [1.165, 1.54) is 7.11 Å². The number of hydrogen-bond donors (Lipinski definition) is 1. The van der Waals surface area contributed by atoms with E-state index in [0.717, 1.165) is 50.6 Å². The Morgan fingerprint density at radius 3 is 2.44 bits per heavy atom. The second kappa shape index (κ2) is 15.3. The number of unbranched alkanes of at least 4 members (excludes halogenated alkanes) is 3. The molecular weight excluding hydrogens is 366 g/mol. The first-order valence-electron chi connectivity index (χ1n) is 9.67. The Morgan fingerprint density at radius 2 is 1.78 bits per heavy atom. The molecule has 1 amide bonds. The molecule has 0 fully saturated rings. The van der Waals surface area contributed by atoms with Gasteiger partial charge in [-0.25, -0.2) is 4.79 Å². The molecule has 1 unspecified atom stereocenters. The SMILES string of the molecule is CCCCCC(CC(=O)NCCCC)c1ccccc1OCC(=O)OC.Cl. The maximum absolute atomic E-state index is 12.3. The van der Waals surface area contributed by atoms with Crippen molar-refractivity contribution in [1.29, 1.82) is 0 Å². The van der Waals surface area contributed by atoms with Gasteiger partial charge in [0.25, 0.3) is 0 Å².